The van der Waals surface area contributed by atoms with Crippen molar-refractivity contribution in [3.63, 3.8) is 0 Å². The van der Waals surface area contributed by atoms with Gasteiger partial charge in [-0.1, -0.05) is 113 Å². The molecule has 0 fully saturated rings. The number of hydrogen-bond donors (Lipinski definition) is 0. The number of pyridine rings is 3. The SMILES string of the molecule is [2H]C(C)(C)c1cc(-c2[c-]cccc2)ncc1[Si](C)(C)C.[2H]C([2H])(c1ccnc(-c2[c-]cc3oc4ncc(-c5ccccc5)cc4c3c2)c1)C(C)(C)C.[Ir]. The Hall–Kier alpha value is -4.22. The standard InChI is InChI=1S/C27H23N2O.C17H22NSi.Ir/c1-27(2,3)16-18-11-12-28-24(13-18)20-9-10-25-22(14-20)23-15-21(17-29-26(23)30-25)19-7-5-4-6-8-19;1-13(2)15-11-16(14-9-7-6-8-10-14)18-12-17(15)19(3,4)5;/h4-8,10-15,17H,16H2,1-3H3;6-9,11-13H,1-5H3;/q2*-1;/i16D2;13D;. The van der Waals surface area contributed by atoms with Gasteiger partial charge in [0.05, 0.1) is 13.7 Å². The molecular formula is C44H45IrN3OSi-2. The van der Waals surface area contributed by atoms with E-state index in [1.807, 2.05) is 102 Å². The molecule has 7 aromatic rings. The van der Waals surface area contributed by atoms with Gasteiger partial charge in [0.2, 0.25) is 5.71 Å². The van der Waals surface area contributed by atoms with Gasteiger partial charge < -0.3 is 14.4 Å². The van der Waals surface area contributed by atoms with Crippen molar-refractivity contribution in [2.45, 2.75) is 66.5 Å². The Morgan fingerprint density at radius 1 is 0.800 bits per heavy atom. The van der Waals surface area contributed by atoms with Crippen LogP contribution in [-0.4, -0.2) is 23.0 Å². The molecule has 0 saturated carbocycles. The van der Waals surface area contributed by atoms with Crippen LogP contribution in [0.15, 0.2) is 114 Å². The van der Waals surface area contributed by atoms with Gasteiger partial charge in [0, 0.05) is 53.8 Å². The third kappa shape index (κ3) is 8.73. The summed E-state index contributed by atoms with van der Waals surface area (Å²) >= 11 is 0. The summed E-state index contributed by atoms with van der Waals surface area (Å²) in [6.07, 6.45) is 3.97. The van der Waals surface area contributed by atoms with Crippen molar-refractivity contribution in [1.82, 2.24) is 15.0 Å². The Morgan fingerprint density at radius 2 is 1.54 bits per heavy atom. The molecule has 1 radical (unpaired) electrons. The summed E-state index contributed by atoms with van der Waals surface area (Å²) in [6, 6.07) is 36.0. The first-order valence-corrected chi connectivity index (χ1v) is 20.2. The van der Waals surface area contributed by atoms with E-state index >= 15 is 0 Å². The third-order valence-electron chi connectivity index (χ3n) is 8.16. The van der Waals surface area contributed by atoms with Crippen molar-refractivity contribution >= 4 is 35.3 Å². The van der Waals surface area contributed by atoms with Gasteiger partial charge in [-0.25, -0.2) is 4.98 Å². The summed E-state index contributed by atoms with van der Waals surface area (Å²) in [5.41, 5.74) is 7.93. The predicted octanol–water partition coefficient (Wildman–Crippen LogP) is 11.3. The predicted molar refractivity (Wildman–Crippen MR) is 208 cm³/mol. The van der Waals surface area contributed by atoms with Crippen LogP contribution in [0.1, 0.15) is 55.8 Å². The van der Waals surface area contributed by atoms with Crippen LogP contribution in [0.5, 0.6) is 0 Å². The molecule has 0 bridgehead atoms. The molecule has 0 aliphatic heterocycles. The molecule has 3 aromatic carbocycles. The first-order valence-electron chi connectivity index (χ1n) is 18.2. The molecule has 257 valence electrons. The number of furan rings is 1. The number of nitrogens with zero attached hydrogens (tertiary/aromatic N) is 3. The summed E-state index contributed by atoms with van der Waals surface area (Å²) < 4.78 is 31.6. The van der Waals surface area contributed by atoms with E-state index in [1.165, 1.54) is 5.19 Å². The summed E-state index contributed by atoms with van der Waals surface area (Å²) in [6.45, 7) is 16.5. The minimum Gasteiger partial charge on any atom is -0.486 e. The van der Waals surface area contributed by atoms with E-state index in [2.05, 4.69) is 71.0 Å². The molecule has 0 spiro atoms. The fraction of sp³-hybridized carbons (Fsp3) is 0.250. The molecule has 0 unspecified atom stereocenters. The Bertz CT molecular complexity index is 2340. The number of fused-ring (bicyclic) bond motifs is 3. The van der Waals surface area contributed by atoms with E-state index in [0.29, 0.717) is 22.6 Å². The van der Waals surface area contributed by atoms with Crippen LogP contribution < -0.4 is 5.19 Å². The second-order valence-corrected chi connectivity index (χ2v) is 19.7. The minimum atomic E-state index is -1.50. The van der Waals surface area contributed by atoms with Gasteiger partial charge in [0.15, 0.2) is 0 Å². The maximum Gasteiger partial charge on any atom is 0.216 e. The number of benzene rings is 3. The Morgan fingerprint density at radius 3 is 2.22 bits per heavy atom. The van der Waals surface area contributed by atoms with Crippen LogP contribution in [0.25, 0.3) is 55.7 Å². The Labute approximate surface area is 316 Å². The normalized spacial score (nSPS) is 13.1. The fourth-order valence-corrected chi connectivity index (χ4v) is 7.38. The van der Waals surface area contributed by atoms with Crippen LogP contribution in [0.2, 0.25) is 19.6 Å². The van der Waals surface area contributed by atoms with E-state index in [-0.39, 0.29) is 20.1 Å². The molecule has 0 aliphatic carbocycles. The zero-order valence-corrected chi connectivity index (χ0v) is 33.4. The van der Waals surface area contributed by atoms with E-state index in [0.717, 1.165) is 44.3 Å². The molecule has 6 heteroatoms. The number of hydrogen-bond acceptors (Lipinski definition) is 4. The van der Waals surface area contributed by atoms with Crippen molar-refractivity contribution in [1.29, 1.82) is 0 Å². The average molecular weight is 855 g/mol. The largest absolute Gasteiger partial charge is 0.486 e. The van der Waals surface area contributed by atoms with Gasteiger partial charge in [-0.3, -0.25) is 0 Å². The molecule has 4 nitrogen and oxygen atoms in total. The first-order chi connectivity index (χ1) is 24.4. The van der Waals surface area contributed by atoms with Crippen molar-refractivity contribution < 1.29 is 28.6 Å². The summed E-state index contributed by atoms with van der Waals surface area (Å²) in [5, 5.41) is 3.14. The smallest absolute Gasteiger partial charge is 0.216 e. The molecular weight excluding hydrogens is 807 g/mol. The van der Waals surface area contributed by atoms with Crippen molar-refractivity contribution in [2.75, 3.05) is 0 Å². The van der Waals surface area contributed by atoms with Gasteiger partial charge in [-0.2, -0.15) is 0 Å². The molecule has 4 heterocycles. The van der Waals surface area contributed by atoms with E-state index in [1.54, 1.807) is 18.3 Å². The summed E-state index contributed by atoms with van der Waals surface area (Å²) in [5.74, 6) is -0.609. The Balaban J connectivity index is 0.000000223. The van der Waals surface area contributed by atoms with Gasteiger partial charge in [-0.15, -0.1) is 59.7 Å². The van der Waals surface area contributed by atoms with Crippen LogP contribution in [-0.2, 0) is 26.5 Å². The van der Waals surface area contributed by atoms with Gasteiger partial charge in [-0.05, 0) is 52.0 Å². The minimum absolute atomic E-state index is 0. The first kappa shape index (κ1) is 33.0. The molecule has 7 rings (SSSR count). The molecule has 4 aromatic heterocycles. The van der Waals surface area contributed by atoms with Gasteiger partial charge >= 0.3 is 0 Å². The zero-order valence-electron chi connectivity index (χ0n) is 33.0. The maximum absolute atomic E-state index is 8.60. The monoisotopic (exact) mass is 855 g/mol. The van der Waals surface area contributed by atoms with E-state index < -0.39 is 25.8 Å². The van der Waals surface area contributed by atoms with Crippen LogP contribution in [0.3, 0.4) is 0 Å². The fourth-order valence-electron chi connectivity index (χ4n) is 5.80. The van der Waals surface area contributed by atoms with E-state index in [4.69, 9.17) is 8.53 Å². The van der Waals surface area contributed by atoms with Crippen LogP contribution >= 0.6 is 0 Å². The van der Waals surface area contributed by atoms with Gasteiger partial charge in [0.1, 0.15) is 0 Å². The van der Waals surface area contributed by atoms with Crippen molar-refractivity contribution in [3.8, 4) is 33.6 Å². The topological polar surface area (TPSA) is 51.8 Å². The molecule has 50 heavy (non-hydrogen) atoms. The molecule has 0 saturated heterocycles. The molecule has 0 aliphatic rings. The van der Waals surface area contributed by atoms with Crippen LogP contribution in [0.4, 0.5) is 0 Å². The Kier molecular flexibility index (Phi) is 10.1. The van der Waals surface area contributed by atoms with Crippen molar-refractivity contribution in [2.24, 2.45) is 5.41 Å². The quantitative estimate of drug-likeness (QED) is 0.124. The molecule has 0 N–H and O–H groups in total. The average Bonchev–Trinajstić information content (AvgIpc) is 3.48. The zero-order chi connectivity index (χ0) is 37.5. The number of rotatable bonds is 6. The van der Waals surface area contributed by atoms with Crippen LogP contribution in [0, 0.1) is 17.5 Å². The number of aromatic nitrogens is 3. The maximum atomic E-state index is 8.60. The molecule has 0 atom stereocenters. The second kappa shape index (κ2) is 15.3. The summed E-state index contributed by atoms with van der Waals surface area (Å²) in [7, 11) is -1.50. The van der Waals surface area contributed by atoms with Crippen molar-refractivity contribution in [3.05, 3.63) is 133 Å². The summed E-state index contributed by atoms with van der Waals surface area (Å²) in [4.78, 5) is 13.6. The molecule has 0 amide bonds. The van der Waals surface area contributed by atoms with Gasteiger partial charge in [0.25, 0.3) is 0 Å². The third-order valence-corrected chi connectivity index (χ3v) is 10.2. The van der Waals surface area contributed by atoms with E-state index in [9.17, 15) is 0 Å². The second-order valence-electron chi connectivity index (χ2n) is 14.6.